The van der Waals surface area contributed by atoms with Crippen molar-refractivity contribution in [3.63, 3.8) is 0 Å². The highest BCUT2D eigenvalue weighted by Crippen LogP contribution is 2.22. The van der Waals surface area contributed by atoms with Crippen molar-refractivity contribution >= 4 is 32.2 Å². The fourth-order valence-electron chi connectivity index (χ4n) is 2.39. The molecule has 0 aliphatic heterocycles. The van der Waals surface area contributed by atoms with Gasteiger partial charge in [0.15, 0.2) is 9.84 Å². The van der Waals surface area contributed by atoms with Crippen LogP contribution < -0.4 is 5.32 Å². The number of anilines is 1. The van der Waals surface area contributed by atoms with Crippen LogP contribution in [0.1, 0.15) is 27.9 Å². The summed E-state index contributed by atoms with van der Waals surface area (Å²) in [4.78, 5) is 12.6. The van der Waals surface area contributed by atoms with Gasteiger partial charge >= 0.3 is 0 Å². The number of sulfone groups is 1. The molecule has 1 amide bonds. The van der Waals surface area contributed by atoms with Crippen molar-refractivity contribution in [1.82, 2.24) is 10.2 Å². The highest BCUT2D eigenvalue weighted by atomic mass is 32.2. The number of nitrogens with zero attached hydrogens (tertiary/aromatic N) is 2. The second-order valence-corrected chi connectivity index (χ2v) is 8.83. The Hall–Kier alpha value is -2.58. The number of rotatable bonds is 6. The van der Waals surface area contributed by atoms with Gasteiger partial charge in [-0.25, -0.2) is 8.42 Å². The molecule has 134 valence electrons. The van der Waals surface area contributed by atoms with Crippen LogP contribution in [0.25, 0.3) is 0 Å². The van der Waals surface area contributed by atoms with Gasteiger partial charge in [-0.05, 0) is 17.7 Å². The monoisotopic (exact) mass is 387 g/mol. The quantitative estimate of drug-likeness (QED) is 0.702. The number of aromatic nitrogens is 2. The first-order valence-corrected chi connectivity index (χ1v) is 10.5. The number of hydrogen-bond acceptors (Lipinski definition) is 6. The van der Waals surface area contributed by atoms with Gasteiger partial charge < -0.3 is 0 Å². The van der Waals surface area contributed by atoms with Crippen LogP contribution in [0.3, 0.4) is 0 Å². The van der Waals surface area contributed by atoms with E-state index in [0.717, 1.165) is 10.6 Å². The minimum Gasteiger partial charge on any atom is -0.296 e. The lowest BCUT2D eigenvalue weighted by molar-refractivity contribution is 0.102. The summed E-state index contributed by atoms with van der Waals surface area (Å²) >= 11 is 1.27. The highest BCUT2D eigenvalue weighted by molar-refractivity contribution is 7.91. The van der Waals surface area contributed by atoms with Gasteiger partial charge in [0.1, 0.15) is 5.01 Å². The van der Waals surface area contributed by atoms with Crippen LogP contribution in [0, 0.1) is 0 Å². The molecule has 3 rings (SSSR count). The second-order valence-electron chi connectivity index (χ2n) is 5.52. The van der Waals surface area contributed by atoms with Gasteiger partial charge in [-0.1, -0.05) is 60.7 Å². The molecule has 0 unspecified atom stereocenters. The summed E-state index contributed by atoms with van der Waals surface area (Å²) < 4.78 is 24.4. The van der Waals surface area contributed by atoms with Gasteiger partial charge in [-0.15, -0.1) is 10.2 Å². The molecule has 0 fully saturated rings. The van der Waals surface area contributed by atoms with Crippen molar-refractivity contribution in [3.05, 3.63) is 70.7 Å². The third-order valence-corrected chi connectivity index (χ3v) is 6.36. The maximum Gasteiger partial charge on any atom is 0.258 e. The van der Waals surface area contributed by atoms with E-state index in [9.17, 15) is 13.2 Å². The number of nitrogens with one attached hydrogen (secondary N) is 1. The first kappa shape index (κ1) is 18.2. The Kier molecular flexibility index (Phi) is 5.43. The molecule has 0 radical (unpaired) electrons. The smallest absolute Gasteiger partial charge is 0.258 e. The van der Waals surface area contributed by atoms with E-state index in [1.54, 1.807) is 19.1 Å². The van der Waals surface area contributed by atoms with Gasteiger partial charge in [0.25, 0.3) is 5.91 Å². The van der Waals surface area contributed by atoms with Crippen LogP contribution in [0.4, 0.5) is 5.13 Å². The average Bonchev–Trinajstić information content (AvgIpc) is 3.09. The number of carbonyl (C=O) groups excluding carboxylic acids is 1. The largest absolute Gasteiger partial charge is 0.296 e. The SMILES string of the molecule is CCS(=O)(=O)c1ccccc1C(=O)Nc1nnc(Cc2ccccc2)s1. The van der Waals surface area contributed by atoms with E-state index in [1.807, 2.05) is 30.3 Å². The molecular formula is C18H17N3O3S2. The van der Waals surface area contributed by atoms with E-state index in [2.05, 4.69) is 15.5 Å². The predicted octanol–water partition coefficient (Wildman–Crippen LogP) is 3.17. The third-order valence-electron chi connectivity index (χ3n) is 3.73. The van der Waals surface area contributed by atoms with Crippen molar-refractivity contribution in [2.24, 2.45) is 0 Å². The molecular weight excluding hydrogens is 370 g/mol. The maximum atomic E-state index is 12.5. The molecule has 0 aliphatic rings. The second kappa shape index (κ2) is 7.76. The van der Waals surface area contributed by atoms with Gasteiger partial charge in [-0.3, -0.25) is 10.1 Å². The summed E-state index contributed by atoms with van der Waals surface area (Å²) in [5.41, 5.74) is 1.20. The Morgan fingerprint density at radius 3 is 2.46 bits per heavy atom. The topological polar surface area (TPSA) is 89.0 Å². The highest BCUT2D eigenvalue weighted by Gasteiger charge is 2.21. The molecule has 26 heavy (non-hydrogen) atoms. The minimum atomic E-state index is -3.50. The first-order valence-electron chi connectivity index (χ1n) is 7.99. The molecule has 0 saturated heterocycles. The van der Waals surface area contributed by atoms with Crippen LogP contribution in [0.15, 0.2) is 59.5 Å². The van der Waals surface area contributed by atoms with Crippen LogP contribution in [-0.4, -0.2) is 30.3 Å². The average molecular weight is 387 g/mol. The van der Waals surface area contributed by atoms with Crippen molar-refractivity contribution in [1.29, 1.82) is 0 Å². The van der Waals surface area contributed by atoms with Crippen LogP contribution >= 0.6 is 11.3 Å². The number of benzene rings is 2. The first-order chi connectivity index (χ1) is 12.5. The lowest BCUT2D eigenvalue weighted by Gasteiger charge is -2.08. The van der Waals surface area contributed by atoms with Crippen molar-refractivity contribution in [2.45, 2.75) is 18.2 Å². The van der Waals surface area contributed by atoms with E-state index in [1.165, 1.54) is 23.5 Å². The molecule has 0 atom stereocenters. The molecule has 0 saturated carbocycles. The molecule has 2 aromatic carbocycles. The molecule has 0 spiro atoms. The predicted molar refractivity (Wildman–Crippen MR) is 101 cm³/mol. The maximum absolute atomic E-state index is 12.5. The molecule has 6 nitrogen and oxygen atoms in total. The molecule has 1 N–H and O–H groups in total. The van der Waals surface area contributed by atoms with E-state index < -0.39 is 15.7 Å². The van der Waals surface area contributed by atoms with Gasteiger partial charge in [0, 0.05) is 6.42 Å². The number of hydrogen-bond donors (Lipinski definition) is 1. The minimum absolute atomic E-state index is 0.0222. The summed E-state index contributed by atoms with van der Waals surface area (Å²) in [5, 5.41) is 11.8. The van der Waals surface area contributed by atoms with E-state index >= 15 is 0 Å². The molecule has 1 aromatic heterocycles. The van der Waals surface area contributed by atoms with E-state index in [4.69, 9.17) is 0 Å². The van der Waals surface area contributed by atoms with Gasteiger partial charge in [-0.2, -0.15) is 0 Å². The summed E-state index contributed by atoms with van der Waals surface area (Å²) in [6.07, 6.45) is 0.620. The van der Waals surface area contributed by atoms with E-state index in [-0.39, 0.29) is 16.2 Å². The Balaban J connectivity index is 1.78. The summed E-state index contributed by atoms with van der Waals surface area (Å²) in [5.74, 6) is -0.586. The number of amides is 1. The zero-order valence-electron chi connectivity index (χ0n) is 14.0. The zero-order valence-corrected chi connectivity index (χ0v) is 15.7. The molecule has 1 heterocycles. The van der Waals surface area contributed by atoms with Crippen molar-refractivity contribution < 1.29 is 13.2 Å². The standard InChI is InChI=1S/C18H17N3O3S2/c1-2-26(23,24)15-11-7-6-10-14(15)17(22)19-18-21-20-16(25-18)12-13-8-4-3-5-9-13/h3-11H,2,12H2,1H3,(H,19,21,22). The fraction of sp³-hybridized carbons (Fsp3) is 0.167. The summed E-state index contributed by atoms with van der Waals surface area (Å²) in [6.45, 7) is 1.55. The zero-order chi connectivity index (χ0) is 18.6. The van der Waals surface area contributed by atoms with Crippen LogP contribution in [0.5, 0.6) is 0 Å². The molecule has 0 bridgehead atoms. The molecule has 3 aromatic rings. The Bertz CT molecular complexity index is 1010. The third kappa shape index (κ3) is 4.14. The lowest BCUT2D eigenvalue weighted by Crippen LogP contribution is -2.17. The Morgan fingerprint density at radius 2 is 1.73 bits per heavy atom. The Labute approximate surface area is 155 Å². The van der Waals surface area contributed by atoms with Gasteiger partial charge in [0.05, 0.1) is 16.2 Å². The lowest BCUT2D eigenvalue weighted by atomic mass is 10.2. The molecule has 8 heteroatoms. The Morgan fingerprint density at radius 1 is 1.04 bits per heavy atom. The number of carbonyl (C=O) groups is 1. The summed E-state index contributed by atoms with van der Waals surface area (Å²) in [7, 11) is -3.50. The van der Waals surface area contributed by atoms with Crippen molar-refractivity contribution in [2.75, 3.05) is 11.1 Å². The molecule has 0 aliphatic carbocycles. The fourth-order valence-corrected chi connectivity index (χ4v) is 4.25. The van der Waals surface area contributed by atoms with Gasteiger partial charge in [0.2, 0.25) is 5.13 Å². The van der Waals surface area contributed by atoms with Crippen LogP contribution in [0.2, 0.25) is 0 Å². The summed E-state index contributed by atoms with van der Waals surface area (Å²) in [6, 6.07) is 16.0. The van der Waals surface area contributed by atoms with Crippen molar-refractivity contribution in [3.8, 4) is 0 Å². The van der Waals surface area contributed by atoms with Crippen LogP contribution in [-0.2, 0) is 16.3 Å². The van der Waals surface area contributed by atoms with E-state index in [0.29, 0.717) is 11.6 Å². The normalized spacial score (nSPS) is 11.3.